The SMILES string of the molecule is CCC1COCCN1CC(O)c1cc(C)ccc1OC. The first-order valence-corrected chi connectivity index (χ1v) is 7.30. The van der Waals surface area contributed by atoms with Gasteiger partial charge in [0, 0.05) is 24.7 Å². The molecule has 20 heavy (non-hydrogen) atoms. The largest absolute Gasteiger partial charge is 0.496 e. The first kappa shape index (κ1) is 15.3. The van der Waals surface area contributed by atoms with Gasteiger partial charge in [-0.05, 0) is 25.5 Å². The topological polar surface area (TPSA) is 41.9 Å². The molecule has 0 radical (unpaired) electrons. The van der Waals surface area contributed by atoms with Gasteiger partial charge in [0.2, 0.25) is 0 Å². The summed E-state index contributed by atoms with van der Waals surface area (Å²) in [7, 11) is 1.64. The van der Waals surface area contributed by atoms with Crippen molar-refractivity contribution in [2.75, 3.05) is 33.4 Å². The van der Waals surface area contributed by atoms with Crippen LogP contribution in [-0.4, -0.2) is 49.5 Å². The minimum Gasteiger partial charge on any atom is -0.496 e. The van der Waals surface area contributed by atoms with Gasteiger partial charge in [0.05, 0.1) is 26.4 Å². The lowest BCUT2D eigenvalue weighted by molar-refractivity contribution is -0.0279. The van der Waals surface area contributed by atoms with Crippen molar-refractivity contribution in [2.24, 2.45) is 0 Å². The second-order valence-corrected chi connectivity index (χ2v) is 5.39. The molecule has 4 nitrogen and oxygen atoms in total. The maximum absolute atomic E-state index is 10.6. The van der Waals surface area contributed by atoms with Crippen molar-refractivity contribution in [3.63, 3.8) is 0 Å². The molecule has 0 bridgehead atoms. The van der Waals surface area contributed by atoms with Crippen LogP contribution in [-0.2, 0) is 4.74 Å². The number of rotatable bonds is 5. The van der Waals surface area contributed by atoms with E-state index in [9.17, 15) is 5.11 Å². The number of β-amino-alcohol motifs (C(OH)–C–C–N with tert-alkyl or cyclic N) is 1. The van der Waals surface area contributed by atoms with Gasteiger partial charge in [-0.25, -0.2) is 0 Å². The number of aliphatic hydroxyl groups is 1. The van der Waals surface area contributed by atoms with E-state index in [1.165, 1.54) is 0 Å². The molecule has 2 atom stereocenters. The summed E-state index contributed by atoms with van der Waals surface area (Å²) < 4.78 is 10.9. The van der Waals surface area contributed by atoms with Crippen molar-refractivity contribution in [1.29, 1.82) is 0 Å². The Morgan fingerprint density at radius 2 is 2.30 bits per heavy atom. The van der Waals surface area contributed by atoms with Gasteiger partial charge in [0.1, 0.15) is 5.75 Å². The number of methoxy groups -OCH3 is 1. The third-order valence-electron chi connectivity index (χ3n) is 3.97. The molecule has 2 unspecified atom stereocenters. The van der Waals surface area contributed by atoms with Gasteiger partial charge in [-0.15, -0.1) is 0 Å². The van der Waals surface area contributed by atoms with Crippen LogP contribution in [0.1, 0.15) is 30.6 Å². The molecule has 1 aromatic rings. The first-order valence-electron chi connectivity index (χ1n) is 7.30. The molecular weight excluding hydrogens is 254 g/mol. The van der Waals surface area contributed by atoms with Crippen LogP contribution in [0.15, 0.2) is 18.2 Å². The molecular formula is C16H25NO3. The highest BCUT2D eigenvalue weighted by atomic mass is 16.5. The minimum absolute atomic E-state index is 0.397. The van der Waals surface area contributed by atoms with E-state index in [2.05, 4.69) is 11.8 Å². The summed E-state index contributed by atoms with van der Waals surface area (Å²) in [6.07, 6.45) is 0.509. The maximum atomic E-state index is 10.6. The zero-order chi connectivity index (χ0) is 14.5. The molecule has 0 spiro atoms. The number of hydrogen-bond acceptors (Lipinski definition) is 4. The molecule has 0 aliphatic carbocycles. The Bertz CT molecular complexity index is 436. The van der Waals surface area contributed by atoms with E-state index in [0.29, 0.717) is 12.6 Å². The molecule has 1 N–H and O–H groups in total. The van der Waals surface area contributed by atoms with Crippen LogP contribution in [0, 0.1) is 6.92 Å². The molecule has 0 aromatic heterocycles. The summed E-state index contributed by atoms with van der Waals surface area (Å²) >= 11 is 0. The van der Waals surface area contributed by atoms with Gasteiger partial charge in [0.15, 0.2) is 0 Å². The number of benzene rings is 1. The molecule has 0 amide bonds. The second kappa shape index (κ2) is 7.07. The van der Waals surface area contributed by atoms with Crippen LogP contribution >= 0.6 is 0 Å². The summed E-state index contributed by atoms with van der Waals surface area (Å²) in [4.78, 5) is 2.32. The van der Waals surface area contributed by atoms with Crippen molar-refractivity contribution >= 4 is 0 Å². The maximum Gasteiger partial charge on any atom is 0.124 e. The molecule has 1 aliphatic rings. The van der Waals surface area contributed by atoms with E-state index in [4.69, 9.17) is 9.47 Å². The highest BCUT2D eigenvalue weighted by Crippen LogP contribution is 2.27. The molecule has 1 fully saturated rings. The van der Waals surface area contributed by atoms with E-state index in [0.717, 1.165) is 43.1 Å². The first-order chi connectivity index (χ1) is 9.65. The fourth-order valence-corrected chi connectivity index (χ4v) is 2.74. The van der Waals surface area contributed by atoms with Crippen molar-refractivity contribution < 1.29 is 14.6 Å². The fraction of sp³-hybridized carbons (Fsp3) is 0.625. The van der Waals surface area contributed by atoms with Crippen molar-refractivity contribution in [3.05, 3.63) is 29.3 Å². The normalized spacial score (nSPS) is 21.7. The summed E-state index contributed by atoms with van der Waals surface area (Å²) in [6, 6.07) is 6.32. The van der Waals surface area contributed by atoms with Gasteiger partial charge in [-0.1, -0.05) is 18.6 Å². The number of hydrogen-bond donors (Lipinski definition) is 1. The number of nitrogens with zero attached hydrogens (tertiary/aromatic N) is 1. The minimum atomic E-state index is -0.531. The van der Waals surface area contributed by atoms with Crippen LogP contribution < -0.4 is 4.74 Å². The quantitative estimate of drug-likeness (QED) is 0.897. The predicted octanol–water partition coefficient (Wildman–Crippen LogP) is 2.15. The molecule has 112 valence electrons. The summed E-state index contributed by atoms with van der Waals surface area (Å²) in [5.74, 6) is 0.754. The molecule has 1 saturated heterocycles. The van der Waals surface area contributed by atoms with Gasteiger partial charge >= 0.3 is 0 Å². The third-order valence-corrected chi connectivity index (χ3v) is 3.97. The fourth-order valence-electron chi connectivity index (χ4n) is 2.74. The average Bonchev–Trinajstić information content (AvgIpc) is 2.47. The average molecular weight is 279 g/mol. The lowest BCUT2D eigenvalue weighted by atomic mass is 10.0. The summed E-state index contributed by atoms with van der Waals surface area (Å²) in [5, 5.41) is 10.6. The molecule has 1 heterocycles. The van der Waals surface area contributed by atoms with E-state index in [1.807, 2.05) is 25.1 Å². The van der Waals surface area contributed by atoms with Crippen LogP contribution in [0.2, 0.25) is 0 Å². The molecule has 4 heteroatoms. The van der Waals surface area contributed by atoms with Gasteiger partial charge in [-0.3, -0.25) is 4.90 Å². The Balaban J connectivity index is 2.10. The van der Waals surface area contributed by atoms with Crippen LogP contribution in [0.25, 0.3) is 0 Å². The van der Waals surface area contributed by atoms with Gasteiger partial charge in [0.25, 0.3) is 0 Å². The monoisotopic (exact) mass is 279 g/mol. The Morgan fingerprint density at radius 1 is 1.50 bits per heavy atom. The molecule has 2 rings (SSSR count). The Hall–Kier alpha value is -1.10. The van der Waals surface area contributed by atoms with E-state index < -0.39 is 6.10 Å². The zero-order valence-electron chi connectivity index (χ0n) is 12.6. The van der Waals surface area contributed by atoms with E-state index in [-0.39, 0.29) is 0 Å². The second-order valence-electron chi connectivity index (χ2n) is 5.39. The number of aryl methyl sites for hydroxylation is 1. The van der Waals surface area contributed by atoms with E-state index in [1.54, 1.807) is 7.11 Å². The Morgan fingerprint density at radius 3 is 3.00 bits per heavy atom. The van der Waals surface area contributed by atoms with Gasteiger partial charge in [-0.2, -0.15) is 0 Å². The number of ether oxygens (including phenoxy) is 2. The Kier molecular flexibility index (Phi) is 5.40. The number of aliphatic hydroxyl groups excluding tert-OH is 1. The number of morpholine rings is 1. The van der Waals surface area contributed by atoms with Gasteiger partial charge < -0.3 is 14.6 Å². The highest BCUT2D eigenvalue weighted by molar-refractivity contribution is 5.38. The Labute approximate surface area is 121 Å². The van der Waals surface area contributed by atoms with Crippen LogP contribution in [0.3, 0.4) is 0 Å². The summed E-state index contributed by atoms with van der Waals surface area (Å²) in [6.45, 7) is 7.19. The predicted molar refractivity (Wildman–Crippen MR) is 79.2 cm³/mol. The van der Waals surface area contributed by atoms with Crippen LogP contribution in [0.5, 0.6) is 5.75 Å². The van der Waals surface area contributed by atoms with Crippen LogP contribution in [0.4, 0.5) is 0 Å². The lowest BCUT2D eigenvalue weighted by Gasteiger charge is -2.36. The standard InChI is InChI=1S/C16H25NO3/c1-4-13-11-20-8-7-17(13)10-15(18)14-9-12(2)5-6-16(14)19-3/h5-6,9,13,15,18H,4,7-8,10-11H2,1-3H3. The highest BCUT2D eigenvalue weighted by Gasteiger charge is 2.25. The van der Waals surface area contributed by atoms with E-state index >= 15 is 0 Å². The smallest absolute Gasteiger partial charge is 0.124 e. The van der Waals surface area contributed by atoms with Crippen molar-refractivity contribution in [2.45, 2.75) is 32.4 Å². The molecule has 0 saturated carbocycles. The third kappa shape index (κ3) is 3.51. The summed E-state index contributed by atoms with van der Waals surface area (Å²) in [5.41, 5.74) is 2.00. The van der Waals surface area contributed by atoms with Crippen molar-refractivity contribution in [3.8, 4) is 5.75 Å². The molecule has 1 aliphatic heterocycles. The zero-order valence-corrected chi connectivity index (χ0v) is 12.6. The lowest BCUT2D eigenvalue weighted by Crippen LogP contribution is -2.46. The van der Waals surface area contributed by atoms with Crippen molar-refractivity contribution in [1.82, 2.24) is 4.90 Å². The molecule has 1 aromatic carbocycles.